The molecule has 8 heteroatoms. The lowest BCUT2D eigenvalue weighted by Crippen LogP contribution is -2.63. The quantitative estimate of drug-likeness (QED) is 0.742. The minimum Gasteiger partial charge on any atom is -0.207 e. The second kappa shape index (κ2) is 6.91. The lowest BCUT2D eigenvalue weighted by Gasteiger charge is -2.55. The minimum atomic E-state index is -3.62. The van der Waals surface area contributed by atoms with Crippen LogP contribution in [0, 0.1) is 10.8 Å². The smallest absolute Gasteiger partial charge is 0.207 e. The van der Waals surface area contributed by atoms with Crippen LogP contribution in [0.25, 0.3) is 0 Å². The predicted octanol–water partition coefficient (Wildman–Crippen LogP) is 2.80. The van der Waals surface area contributed by atoms with E-state index in [0.29, 0.717) is 26.2 Å². The fourth-order valence-electron chi connectivity index (χ4n) is 4.99. The summed E-state index contributed by atoms with van der Waals surface area (Å²) in [5, 5.41) is 0. The Bertz CT molecular complexity index is 998. The van der Waals surface area contributed by atoms with Crippen molar-refractivity contribution < 1.29 is 16.8 Å². The fourth-order valence-corrected chi connectivity index (χ4v) is 8.52. The molecule has 0 spiro atoms. The normalized spacial score (nSPS) is 28.9. The van der Waals surface area contributed by atoms with Gasteiger partial charge in [0.05, 0.1) is 9.79 Å². The van der Waals surface area contributed by atoms with Gasteiger partial charge in [0.15, 0.2) is 0 Å². The van der Waals surface area contributed by atoms with Gasteiger partial charge in [-0.15, -0.1) is 0 Å². The number of nitrogens with zero attached hydrogens (tertiary/aromatic N) is 2. The second-order valence-corrected chi connectivity index (χ2v) is 12.8. The molecule has 2 bridgehead atoms. The zero-order valence-electron chi connectivity index (χ0n) is 16.7. The van der Waals surface area contributed by atoms with Crippen molar-refractivity contribution in [1.82, 2.24) is 8.61 Å². The van der Waals surface area contributed by atoms with Crippen molar-refractivity contribution in [2.24, 2.45) is 10.8 Å². The molecule has 0 N–H and O–H groups in total. The van der Waals surface area contributed by atoms with Crippen molar-refractivity contribution in [3.05, 3.63) is 60.7 Å². The summed E-state index contributed by atoms with van der Waals surface area (Å²) in [4.78, 5) is 0.557. The molecule has 156 valence electrons. The highest BCUT2D eigenvalue weighted by Gasteiger charge is 2.53. The highest BCUT2D eigenvalue weighted by atomic mass is 32.2. The van der Waals surface area contributed by atoms with Gasteiger partial charge in [0.1, 0.15) is 0 Å². The Kier molecular flexibility index (Phi) is 4.89. The molecule has 0 aromatic heterocycles. The van der Waals surface area contributed by atoms with Crippen LogP contribution in [0.15, 0.2) is 70.5 Å². The van der Waals surface area contributed by atoms with E-state index in [-0.39, 0.29) is 9.79 Å². The molecule has 2 aliphatic heterocycles. The molecule has 2 fully saturated rings. The maximum absolute atomic E-state index is 13.2. The van der Waals surface area contributed by atoms with E-state index in [1.165, 1.54) is 8.61 Å². The zero-order chi connectivity index (χ0) is 20.9. The molecule has 2 saturated heterocycles. The third kappa shape index (κ3) is 3.74. The standard InChI is InChI=1S/C21H26N2O4S2/c1-20-13-21(2,16-22(14-20)28(24,25)18-9-5-3-6-10-18)17-23(15-20)29(26,27)19-11-7-4-8-12-19/h3-12H,13-17H2,1-2H3. The number of piperidine rings is 2. The maximum Gasteiger partial charge on any atom is 0.243 e. The lowest BCUT2D eigenvalue weighted by atomic mass is 9.67. The van der Waals surface area contributed by atoms with E-state index < -0.39 is 30.9 Å². The summed E-state index contributed by atoms with van der Waals surface area (Å²) >= 11 is 0. The molecule has 2 aromatic carbocycles. The molecule has 0 unspecified atom stereocenters. The van der Waals surface area contributed by atoms with E-state index in [9.17, 15) is 16.8 Å². The summed E-state index contributed by atoms with van der Waals surface area (Å²) in [5.41, 5.74) is -0.899. The van der Waals surface area contributed by atoms with Gasteiger partial charge in [-0.25, -0.2) is 16.8 Å². The Labute approximate surface area is 173 Å². The number of sulfonamides is 2. The van der Waals surface area contributed by atoms with Crippen LogP contribution < -0.4 is 0 Å². The van der Waals surface area contributed by atoms with Crippen molar-refractivity contribution in [2.45, 2.75) is 30.1 Å². The first-order valence-electron chi connectivity index (χ1n) is 9.65. The monoisotopic (exact) mass is 434 g/mol. The van der Waals surface area contributed by atoms with Gasteiger partial charge in [0.25, 0.3) is 0 Å². The Morgan fingerprint density at radius 3 is 1.24 bits per heavy atom. The van der Waals surface area contributed by atoms with E-state index in [0.717, 1.165) is 6.42 Å². The van der Waals surface area contributed by atoms with Crippen molar-refractivity contribution >= 4 is 20.0 Å². The zero-order valence-corrected chi connectivity index (χ0v) is 18.3. The van der Waals surface area contributed by atoms with E-state index in [1.54, 1.807) is 60.7 Å². The molecule has 0 aliphatic carbocycles. The van der Waals surface area contributed by atoms with Crippen LogP contribution in [0.1, 0.15) is 20.3 Å². The summed E-state index contributed by atoms with van der Waals surface area (Å²) in [6, 6.07) is 16.9. The molecule has 29 heavy (non-hydrogen) atoms. The molecule has 4 rings (SSSR count). The highest BCUT2D eigenvalue weighted by molar-refractivity contribution is 7.89. The summed E-state index contributed by atoms with van der Waals surface area (Å²) in [7, 11) is -7.24. The lowest BCUT2D eigenvalue weighted by molar-refractivity contribution is -0.0178. The van der Waals surface area contributed by atoms with Crippen LogP contribution >= 0.6 is 0 Å². The number of fused-ring (bicyclic) bond motifs is 2. The Morgan fingerprint density at radius 2 is 0.931 bits per heavy atom. The SMILES string of the molecule is CC12CN(S(=O)(=O)c3ccccc3)CC(C)(CN(S(=O)(=O)c3ccccc3)C1)C2. The number of rotatable bonds is 4. The summed E-state index contributed by atoms with van der Waals surface area (Å²) < 4.78 is 55.9. The van der Waals surface area contributed by atoms with Gasteiger partial charge >= 0.3 is 0 Å². The molecule has 2 aliphatic rings. The van der Waals surface area contributed by atoms with Gasteiger partial charge in [0.2, 0.25) is 20.0 Å². The van der Waals surface area contributed by atoms with Crippen LogP contribution in [-0.4, -0.2) is 51.6 Å². The van der Waals surface area contributed by atoms with Gasteiger partial charge in [0, 0.05) is 26.2 Å². The average molecular weight is 435 g/mol. The van der Waals surface area contributed by atoms with Gasteiger partial charge in [-0.1, -0.05) is 50.2 Å². The molecule has 6 nitrogen and oxygen atoms in total. The van der Waals surface area contributed by atoms with Gasteiger partial charge in [-0.3, -0.25) is 0 Å². The molecular formula is C21H26N2O4S2. The van der Waals surface area contributed by atoms with Crippen molar-refractivity contribution in [3.63, 3.8) is 0 Å². The van der Waals surface area contributed by atoms with E-state index in [2.05, 4.69) is 0 Å². The maximum atomic E-state index is 13.2. The topological polar surface area (TPSA) is 74.8 Å². The van der Waals surface area contributed by atoms with Crippen molar-refractivity contribution in [1.29, 1.82) is 0 Å². The summed E-state index contributed by atoms with van der Waals surface area (Å²) in [6.07, 6.45) is 0.793. The Hall–Kier alpha value is -1.74. The van der Waals surface area contributed by atoms with Crippen LogP contribution in [-0.2, 0) is 20.0 Å². The molecule has 0 amide bonds. The minimum absolute atomic E-state index is 0.279. The van der Waals surface area contributed by atoms with Gasteiger partial charge in [-0.2, -0.15) is 8.61 Å². The first-order valence-corrected chi connectivity index (χ1v) is 12.5. The van der Waals surface area contributed by atoms with E-state index in [1.807, 2.05) is 13.8 Å². The van der Waals surface area contributed by atoms with Crippen molar-refractivity contribution in [3.8, 4) is 0 Å². The number of benzene rings is 2. The third-order valence-electron chi connectivity index (χ3n) is 5.85. The van der Waals surface area contributed by atoms with Crippen LogP contribution in [0.4, 0.5) is 0 Å². The third-order valence-corrected chi connectivity index (χ3v) is 9.46. The van der Waals surface area contributed by atoms with Gasteiger partial charge in [-0.05, 0) is 41.5 Å². The Balaban J connectivity index is 1.65. The fraction of sp³-hybridized carbons (Fsp3) is 0.429. The number of hydrogen-bond donors (Lipinski definition) is 0. The summed E-state index contributed by atoms with van der Waals surface area (Å²) in [6.45, 7) is 5.21. The van der Waals surface area contributed by atoms with Crippen molar-refractivity contribution in [2.75, 3.05) is 26.2 Å². The molecule has 2 heterocycles. The van der Waals surface area contributed by atoms with Crippen LogP contribution in [0.2, 0.25) is 0 Å². The molecule has 0 atom stereocenters. The van der Waals surface area contributed by atoms with E-state index >= 15 is 0 Å². The highest BCUT2D eigenvalue weighted by Crippen LogP contribution is 2.47. The Morgan fingerprint density at radius 1 is 0.621 bits per heavy atom. The summed E-state index contributed by atoms with van der Waals surface area (Å²) in [5.74, 6) is 0. The van der Waals surface area contributed by atoms with Crippen LogP contribution in [0.3, 0.4) is 0 Å². The molecule has 2 aromatic rings. The number of hydrogen-bond acceptors (Lipinski definition) is 4. The first kappa shape index (κ1) is 20.5. The van der Waals surface area contributed by atoms with Gasteiger partial charge < -0.3 is 0 Å². The van der Waals surface area contributed by atoms with Crippen LogP contribution in [0.5, 0.6) is 0 Å². The second-order valence-electron chi connectivity index (χ2n) is 8.97. The average Bonchev–Trinajstić information content (AvgIpc) is 2.67. The molecular weight excluding hydrogens is 408 g/mol. The predicted molar refractivity (Wildman–Crippen MR) is 111 cm³/mol. The molecule has 0 radical (unpaired) electrons. The molecule has 0 saturated carbocycles. The first-order chi connectivity index (χ1) is 13.5. The largest absolute Gasteiger partial charge is 0.243 e. The van der Waals surface area contributed by atoms with E-state index in [4.69, 9.17) is 0 Å².